The molecular weight excluding hydrogens is 274 g/mol. The molecule has 3 unspecified atom stereocenters. The summed E-state index contributed by atoms with van der Waals surface area (Å²) in [4.78, 5) is 14.9. The SMILES string of the molecule is CC(C(=O)c1ccc(Cl)cc1)N1CCOC2CCCC21. The predicted octanol–water partition coefficient (Wildman–Crippen LogP) is 3.16. The van der Waals surface area contributed by atoms with Crippen LogP contribution in [0.1, 0.15) is 36.5 Å². The van der Waals surface area contributed by atoms with Crippen LogP contribution in [-0.2, 0) is 4.74 Å². The molecule has 0 aromatic heterocycles. The Morgan fingerprint density at radius 3 is 2.85 bits per heavy atom. The number of ether oxygens (including phenoxy) is 1. The van der Waals surface area contributed by atoms with Crippen molar-refractivity contribution in [3.05, 3.63) is 34.9 Å². The average molecular weight is 294 g/mol. The minimum atomic E-state index is -0.0920. The van der Waals surface area contributed by atoms with Crippen LogP contribution in [0.5, 0.6) is 0 Å². The molecule has 1 aromatic rings. The molecule has 0 spiro atoms. The van der Waals surface area contributed by atoms with Crippen molar-refractivity contribution in [2.24, 2.45) is 0 Å². The summed E-state index contributed by atoms with van der Waals surface area (Å²) in [7, 11) is 0. The zero-order chi connectivity index (χ0) is 14.1. The lowest BCUT2D eigenvalue weighted by Gasteiger charge is -2.40. The Hall–Kier alpha value is -0.900. The summed E-state index contributed by atoms with van der Waals surface area (Å²) in [5, 5.41) is 0.663. The molecule has 108 valence electrons. The molecule has 1 aliphatic heterocycles. The third kappa shape index (κ3) is 2.62. The maximum Gasteiger partial charge on any atom is 0.179 e. The van der Waals surface area contributed by atoms with Gasteiger partial charge in [-0.15, -0.1) is 0 Å². The van der Waals surface area contributed by atoms with Crippen LogP contribution in [0.15, 0.2) is 24.3 Å². The molecule has 2 aliphatic rings. The third-order valence-corrected chi connectivity index (χ3v) is 4.78. The van der Waals surface area contributed by atoms with E-state index in [4.69, 9.17) is 16.3 Å². The highest BCUT2D eigenvalue weighted by Crippen LogP contribution is 2.31. The Balaban J connectivity index is 1.75. The molecular formula is C16H20ClNO2. The van der Waals surface area contributed by atoms with E-state index in [-0.39, 0.29) is 11.8 Å². The standard InChI is InChI=1S/C16H20ClNO2/c1-11(16(19)12-5-7-13(17)8-6-12)18-9-10-20-15-4-2-3-14(15)18/h5-8,11,14-15H,2-4,9-10H2,1H3. The maximum absolute atomic E-state index is 12.6. The lowest BCUT2D eigenvalue weighted by atomic mass is 10.0. The monoisotopic (exact) mass is 293 g/mol. The van der Waals surface area contributed by atoms with Gasteiger partial charge in [-0.1, -0.05) is 11.6 Å². The Morgan fingerprint density at radius 2 is 2.10 bits per heavy atom. The number of nitrogens with zero attached hydrogens (tertiary/aromatic N) is 1. The van der Waals surface area contributed by atoms with Crippen LogP contribution in [0.3, 0.4) is 0 Å². The summed E-state index contributed by atoms with van der Waals surface area (Å²) >= 11 is 5.88. The lowest BCUT2D eigenvalue weighted by molar-refractivity contribution is -0.0643. The molecule has 1 saturated heterocycles. The molecule has 0 N–H and O–H groups in total. The first kappa shape index (κ1) is 14.1. The number of carbonyl (C=O) groups excluding carboxylic acids is 1. The minimum absolute atomic E-state index is 0.0920. The van der Waals surface area contributed by atoms with Gasteiger partial charge < -0.3 is 4.74 Å². The van der Waals surface area contributed by atoms with Gasteiger partial charge in [0.1, 0.15) is 0 Å². The van der Waals surface area contributed by atoms with Crippen molar-refractivity contribution in [3.63, 3.8) is 0 Å². The van der Waals surface area contributed by atoms with Gasteiger partial charge in [0.25, 0.3) is 0 Å². The lowest BCUT2D eigenvalue weighted by Crippen LogP contribution is -2.54. The first-order chi connectivity index (χ1) is 9.66. The largest absolute Gasteiger partial charge is 0.375 e. The summed E-state index contributed by atoms with van der Waals surface area (Å²) in [6.45, 7) is 3.60. The number of hydrogen-bond donors (Lipinski definition) is 0. The topological polar surface area (TPSA) is 29.5 Å². The molecule has 4 heteroatoms. The zero-order valence-corrected chi connectivity index (χ0v) is 12.5. The average Bonchev–Trinajstić information content (AvgIpc) is 2.95. The number of rotatable bonds is 3. The van der Waals surface area contributed by atoms with Crippen LogP contribution < -0.4 is 0 Å². The van der Waals surface area contributed by atoms with Crippen molar-refractivity contribution in [3.8, 4) is 0 Å². The van der Waals surface area contributed by atoms with Crippen molar-refractivity contribution in [2.75, 3.05) is 13.2 Å². The second kappa shape index (κ2) is 5.84. The van der Waals surface area contributed by atoms with E-state index in [1.807, 2.05) is 19.1 Å². The van der Waals surface area contributed by atoms with Crippen molar-refractivity contribution in [1.29, 1.82) is 0 Å². The fourth-order valence-corrected chi connectivity index (χ4v) is 3.57. The van der Waals surface area contributed by atoms with E-state index in [9.17, 15) is 4.79 Å². The number of carbonyl (C=O) groups is 1. The Kier molecular flexibility index (Phi) is 4.11. The molecule has 0 radical (unpaired) electrons. The number of benzene rings is 1. The molecule has 1 saturated carbocycles. The zero-order valence-electron chi connectivity index (χ0n) is 11.7. The van der Waals surface area contributed by atoms with Gasteiger partial charge in [0, 0.05) is 23.2 Å². The number of ketones is 1. The molecule has 2 fully saturated rings. The van der Waals surface area contributed by atoms with E-state index in [0.29, 0.717) is 17.2 Å². The summed E-state index contributed by atoms with van der Waals surface area (Å²) in [5.74, 6) is 0.175. The second-order valence-electron chi connectivity index (χ2n) is 5.69. The molecule has 0 bridgehead atoms. The summed E-state index contributed by atoms with van der Waals surface area (Å²) in [6.07, 6.45) is 3.80. The molecule has 0 amide bonds. The fraction of sp³-hybridized carbons (Fsp3) is 0.562. The van der Waals surface area contributed by atoms with Crippen molar-refractivity contribution in [1.82, 2.24) is 4.90 Å². The Labute approximate surface area is 124 Å². The van der Waals surface area contributed by atoms with E-state index in [1.165, 1.54) is 6.42 Å². The van der Waals surface area contributed by atoms with Crippen molar-refractivity contribution in [2.45, 2.75) is 44.4 Å². The summed E-state index contributed by atoms with van der Waals surface area (Å²) < 4.78 is 5.81. The summed E-state index contributed by atoms with van der Waals surface area (Å²) in [5.41, 5.74) is 0.739. The number of morpholine rings is 1. The highest BCUT2D eigenvalue weighted by atomic mass is 35.5. The molecule has 1 aliphatic carbocycles. The smallest absolute Gasteiger partial charge is 0.179 e. The highest BCUT2D eigenvalue weighted by Gasteiger charge is 2.39. The molecule has 1 heterocycles. The molecule has 3 atom stereocenters. The van der Waals surface area contributed by atoms with Gasteiger partial charge in [-0.2, -0.15) is 0 Å². The number of hydrogen-bond acceptors (Lipinski definition) is 3. The van der Waals surface area contributed by atoms with Gasteiger partial charge in [0.2, 0.25) is 0 Å². The van der Waals surface area contributed by atoms with E-state index >= 15 is 0 Å². The van der Waals surface area contributed by atoms with Gasteiger partial charge in [-0.25, -0.2) is 0 Å². The first-order valence-corrected chi connectivity index (χ1v) is 7.72. The fourth-order valence-electron chi connectivity index (χ4n) is 3.44. The first-order valence-electron chi connectivity index (χ1n) is 7.34. The van der Waals surface area contributed by atoms with E-state index < -0.39 is 0 Å². The van der Waals surface area contributed by atoms with Crippen LogP contribution in [0, 0.1) is 0 Å². The van der Waals surface area contributed by atoms with Crippen molar-refractivity contribution < 1.29 is 9.53 Å². The highest BCUT2D eigenvalue weighted by molar-refractivity contribution is 6.30. The van der Waals surface area contributed by atoms with Crippen LogP contribution >= 0.6 is 11.6 Å². The Morgan fingerprint density at radius 1 is 1.35 bits per heavy atom. The van der Waals surface area contributed by atoms with Crippen LogP contribution in [-0.4, -0.2) is 42.0 Å². The second-order valence-corrected chi connectivity index (χ2v) is 6.13. The van der Waals surface area contributed by atoms with E-state index in [2.05, 4.69) is 4.90 Å². The predicted molar refractivity (Wildman–Crippen MR) is 79.3 cm³/mol. The van der Waals surface area contributed by atoms with Gasteiger partial charge in [0.15, 0.2) is 5.78 Å². The van der Waals surface area contributed by atoms with Gasteiger partial charge >= 0.3 is 0 Å². The molecule has 3 nitrogen and oxygen atoms in total. The van der Waals surface area contributed by atoms with Gasteiger partial charge in [-0.05, 0) is 50.5 Å². The molecule has 3 rings (SSSR count). The number of fused-ring (bicyclic) bond motifs is 1. The van der Waals surface area contributed by atoms with Gasteiger partial charge in [0.05, 0.1) is 18.8 Å². The van der Waals surface area contributed by atoms with E-state index in [1.54, 1.807) is 12.1 Å². The summed E-state index contributed by atoms with van der Waals surface area (Å²) in [6, 6.07) is 7.50. The van der Waals surface area contributed by atoms with Crippen LogP contribution in [0.2, 0.25) is 5.02 Å². The molecule has 20 heavy (non-hydrogen) atoms. The number of halogens is 1. The third-order valence-electron chi connectivity index (χ3n) is 4.53. The Bertz CT molecular complexity index is 488. The number of Topliss-reactive ketones (excluding diaryl/α,β-unsaturated/α-hetero) is 1. The van der Waals surface area contributed by atoms with Crippen LogP contribution in [0.4, 0.5) is 0 Å². The maximum atomic E-state index is 12.6. The normalized spacial score (nSPS) is 28.1. The van der Waals surface area contributed by atoms with Gasteiger partial charge in [-0.3, -0.25) is 9.69 Å². The minimum Gasteiger partial charge on any atom is -0.375 e. The van der Waals surface area contributed by atoms with Crippen molar-refractivity contribution >= 4 is 17.4 Å². The molecule has 1 aromatic carbocycles. The van der Waals surface area contributed by atoms with Crippen LogP contribution in [0.25, 0.3) is 0 Å². The van der Waals surface area contributed by atoms with E-state index in [0.717, 1.165) is 31.6 Å². The quantitative estimate of drug-likeness (QED) is 0.802.